The molecule has 140 valence electrons. The van der Waals surface area contributed by atoms with Crippen LogP contribution in [0.4, 0.5) is 18.9 Å². The van der Waals surface area contributed by atoms with Gasteiger partial charge in [-0.15, -0.1) is 10.2 Å². The lowest BCUT2D eigenvalue weighted by Gasteiger charge is -2.09. The number of anilines is 1. The minimum Gasteiger partial charge on any atom is -0.411 e. The molecule has 0 unspecified atom stereocenters. The summed E-state index contributed by atoms with van der Waals surface area (Å²) < 4.78 is 43.5. The third-order valence-corrected chi connectivity index (χ3v) is 4.81. The lowest BCUT2D eigenvalue weighted by Crippen LogP contribution is -2.14. The summed E-state index contributed by atoms with van der Waals surface area (Å²) >= 11 is 1.37. The topological polar surface area (TPSA) is 68.0 Å². The summed E-state index contributed by atoms with van der Waals surface area (Å²) in [5.41, 5.74) is 0.865. The SMILES string of the molecule is O=C(CSc1nnc(-c2ccc(F)cc2)o1)Nc1ccccc1SC(F)F. The molecule has 3 rings (SSSR count). The zero-order valence-electron chi connectivity index (χ0n) is 13.6. The van der Waals surface area contributed by atoms with Crippen LogP contribution in [0.1, 0.15) is 0 Å². The fraction of sp³-hybridized carbons (Fsp3) is 0.118. The van der Waals surface area contributed by atoms with E-state index in [1.54, 1.807) is 18.2 Å². The number of hydrogen-bond donors (Lipinski definition) is 1. The van der Waals surface area contributed by atoms with Crippen LogP contribution in [-0.4, -0.2) is 27.6 Å². The first-order chi connectivity index (χ1) is 13.0. The molecule has 1 N–H and O–H groups in total. The molecule has 0 radical (unpaired) electrons. The third-order valence-electron chi connectivity index (χ3n) is 3.20. The molecule has 0 spiro atoms. The highest BCUT2D eigenvalue weighted by molar-refractivity contribution is 8.00. The average molecular weight is 411 g/mol. The van der Waals surface area contributed by atoms with Gasteiger partial charge in [-0.05, 0) is 36.4 Å². The highest BCUT2D eigenvalue weighted by Crippen LogP contribution is 2.32. The number of nitrogens with zero attached hydrogens (tertiary/aromatic N) is 2. The number of thioether (sulfide) groups is 2. The number of benzene rings is 2. The molecule has 1 heterocycles. The maximum Gasteiger partial charge on any atom is 0.288 e. The molecule has 0 fully saturated rings. The molecule has 5 nitrogen and oxygen atoms in total. The van der Waals surface area contributed by atoms with E-state index < -0.39 is 11.7 Å². The van der Waals surface area contributed by atoms with E-state index in [0.29, 0.717) is 23.0 Å². The van der Waals surface area contributed by atoms with Crippen molar-refractivity contribution < 1.29 is 22.4 Å². The Morgan fingerprint density at radius 1 is 1.11 bits per heavy atom. The van der Waals surface area contributed by atoms with Gasteiger partial charge in [0.25, 0.3) is 11.0 Å². The number of nitrogens with one attached hydrogen (secondary N) is 1. The molecule has 0 bridgehead atoms. The molecule has 10 heteroatoms. The van der Waals surface area contributed by atoms with Gasteiger partial charge in [-0.3, -0.25) is 4.79 Å². The van der Waals surface area contributed by atoms with E-state index in [1.165, 1.54) is 30.3 Å². The average Bonchev–Trinajstić information content (AvgIpc) is 3.11. The number of halogens is 3. The van der Waals surface area contributed by atoms with Gasteiger partial charge in [0, 0.05) is 10.5 Å². The van der Waals surface area contributed by atoms with E-state index >= 15 is 0 Å². The standard InChI is InChI=1S/C17H12F3N3O2S2/c18-11-7-5-10(6-8-11)15-22-23-17(25-15)26-9-14(24)21-12-3-1-2-4-13(12)27-16(19)20/h1-8,16H,9H2,(H,21,24). The van der Waals surface area contributed by atoms with Crippen LogP contribution in [0.3, 0.4) is 0 Å². The number of alkyl halides is 2. The molecular weight excluding hydrogens is 399 g/mol. The van der Waals surface area contributed by atoms with E-state index in [2.05, 4.69) is 15.5 Å². The van der Waals surface area contributed by atoms with Crippen molar-refractivity contribution in [3.63, 3.8) is 0 Å². The Hall–Kier alpha value is -2.46. The second kappa shape index (κ2) is 8.96. The highest BCUT2D eigenvalue weighted by Gasteiger charge is 2.14. The molecule has 1 amide bonds. The van der Waals surface area contributed by atoms with Crippen molar-refractivity contribution in [2.45, 2.75) is 15.9 Å². The maximum absolute atomic E-state index is 12.9. The van der Waals surface area contributed by atoms with Crippen LogP contribution in [0.2, 0.25) is 0 Å². The van der Waals surface area contributed by atoms with E-state index in [-0.39, 0.29) is 27.6 Å². The minimum absolute atomic E-state index is 0.0429. The van der Waals surface area contributed by atoms with Gasteiger partial charge in [0.1, 0.15) is 5.82 Å². The first-order valence-electron chi connectivity index (χ1n) is 7.57. The summed E-state index contributed by atoms with van der Waals surface area (Å²) in [5, 5.41) is 10.4. The molecule has 27 heavy (non-hydrogen) atoms. The molecule has 1 aromatic heterocycles. The van der Waals surface area contributed by atoms with Gasteiger partial charge in [0.2, 0.25) is 11.8 Å². The fourth-order valence-electron chi connectivity index (χ4n) is 2.06. The minimum atomic E-state index is -2.58. The van der Waals surface area contributed by atoms with E-state index in [0.717, 1.165) is 11.8 Å². The third kappa shape index (κ3) is 5.51. The summed E-state index contributed by atoms with van der Waals surface area (Å²) in [6.07, 6.45) is 0. The van der Waals surface area contributed by atoms with Gasteiger partial charge in [-0.1, -0.05) is 35.7 Å². The van der Waals surface area contributed by atoms with Crippen molar-refractivity contribution in [3.05, 3.63) is 54.3 Å². The Morgan fingerprint density at radius 3 is 2.59 bits per heavy atom. The highest BCUT2D eigenvalue weighted by atomic mass is 32.2. The largest absolute Gasteiger partial charge is 0.411 e. The van der Waals surface area contributed by atoms with Crippen molar-refractivity contribution in [1.82, 2.24) is 10.2 Å². The summed E-state index contributed by atoms with van der Waals surface area (Å²) in [5.74, 6) is -3.20. The quantitative estimate of drug-likeness (QED) is 0.557. The first-order valence-corrected chi connectivity index (χ1v) is 9.44. The van der Waals surface area contributed by atoms with E-state index in [4.69, 9.17) is 4.42 Å². The van der Waals surface area contributed by atoms with E-state index in [1.807, 2.05) is 0 Å². The lowest BCUT2D eigenvalue weighted by molar-refractivity contribution is -0.113. The molecule has 0 aliphatic heterocycles. The Labute approximate surface area is 160 Å². The molecular formula is C17H12F3N3O2S2. The Bertz CT molecular complexity index is 920. The number of carbonyl (C=O) groups is 1. The predicted octanol–water partition coefficient (Wildman–Crippen LogP) is 4.92. The Balaban J connectivity index is 1.58. The van der Waals surface area contributed by atoms with Gasteiger partial charge in [-0.2, -0.15) is 8.78 Å². The van der Waals surface area contributed by atoms with Crippen LogP contribution in [0, 0.1) is 5.82 Å². The van der Waals surface area contributed by atoms with E-state index in [9.17, 15) is 18.0 Å². The number of carbonyl (C=O) groups excluding carboxylic acids is 1. The van der Waals surface area contributed by atoms with Gasteiger partial charge in [0.05, 0.1) is 11.4 Å². The normalized spacial score (nSPS) is 11.0. The monoisotopic (exact) mass is 411 g/mol. The lowest BCUT2D eigenvalue weighted by atomic mass is 10.2. The number of hydrogen-bond acceptors (Lipinski definition) is 6. The van der Waals surface area contributed by atoms with Crippen LogP contribution >= 0.6 is 23.5 Å². The molecule has 0 aliphatic carbocycles. The molecule has 2 aromatic carbocycles. The molecule has 0 aliphatic rings. The predicted molar refractivity (Wildman–Crippen MR) is 97.3 cm³/mol. The van der Waals surface area contributed by atoms with Crippen molar-refractivity contribution in [2.24, 2.45) is 0 Å². The number of amides is 1. The fourth-order valence-corrected chi connectivity index (χ4v) is 3.22. The second-order valence-electron chi connectivity index (χ2n) is 5.09. The number of aromatic nitrogens is 2. The molecule has 0 saturated carbocycles. The summed E-state index contributed by atoms with van der Waals surface area (Å²) in [4.78, 5) is 12.4. The summed E-state index contributed by atoms with van der Waals surface area (Å²) in [6.45, 7) is 0. The van der Waals surface area contributed by atoms with Crippen LogP contribution in [0.5, 0.6) is 0 Å². The zero-order valence-corrected chi connectivity index (χ0v) is 15.2. The Kier molecular flexibility index (Phi) is 6.40. The van der Waals surface area contributed by atoms with Gasteiger partial charge < -0.3 is 9.73 Å². The summed E-state index contributed by atoms with van der Waals surface area (Å²) in [7, 11) is 0. The summed E-state index contributed by atoms with van der Waals surface area (Å²) in [6, 6.07) is 11.9. The van der Waals surface area contributed by atoms with Crippen molar-refractivity contribution in [3.8, 4) is 11.5 Å². The molecule has 3 aromatic rings. The molecule has 0 saturated heterocycles. The Morgan fingerprint density at radius 2 is 1.85 bits per heavy atom. The van der Waals surface area contributed by atoms with Gasteiger partial charge in [-0.25, -0.2) is 4.39 Å². The maximum atomic E-state index is 12.9. The zero-order chi connectivity index (χ0) is 19.2. The number of rotatable bonds is 7. The number of para-hydroxylation sites is 1. The van der Waals surface area contributed by atoms with Crippen molar-refractivity contribution >= 4 is 35.1 Å². The molecule has 0 atom stereocenters. The van der Waals surface area contributed by atoms with Gasteiger partial charge >= 0.3 is 0 Å². The first kappa shape index (κ1) is 19.3. The van der Waals surface area contributed by atoms with Crippen molar-refractivity contribution in [2.75, 3.05) is 11.1 Å². The smallest absolute Gasteiger partial charge is 0.288 e. The van der Waals surface area contributed by atoms with Crippen LogP contribution < -0.4 is 5.32 Å². The van der Waals surface area contributed by atoms with Crippen LogP contribution in [0.15, 0.2) is 63.1 Å². The second-order valence-corrected chi connectivity index (χ2v) is 7.05. The van der Waals surface area contributed by atoms with Crippen molar-refractivity contribution in [1.29, 1.82) is 0 Å². The van der Waals surface area contributed by atoms with Crippen LogP contribution in [0.25, 0.3) is 11.5 Å². The van der Waals surface area contributed by atoms with Gasteiger partial charge in [0.15, 0.2) is 0 Å². The van der Waals surface area contributed by atoms with Crippen LogP contribution in [-0.2, 0) is 4.79 Å².